The van der Waals surface area contributed by atoms with E-state index >= 15 is 0 Å². The van der Waals surface area contributed by atoms with Gasteiger partial charge in [0, 0.05) is 30.1 Å². The zero-order valence-electron chi connectivity index (χ0n) is 30.4. The van der Waals surface area contributed by atoms with Crippen molar-refractivity contribution in [3.8, 4) is 0 Å². The van der Waals surface area contributed by atoms with Crippen molar-refractivity contribution in [2.75, 3.05) is 19.8 Å². The van der Waals surface area contributed by atoms with E-state index in [1.54, 1.807) is 0 Å². The van der Waals surface area contributed by atoms with Gasteiger partial charge in [-0.2, -0.15) is 0 Å². The largest absolute Gasteiger partial charge is 0.388 e. The molecule has 0 aromatic carbocycles. The molecule has 4 aliphatic heterocycles. The highest BCUT2D eigenvalue weighted by molar-refractivity contribution is 5.87. The number of Topliss-reactive ketones (excluding diaryl/α,β-unsaturated/α-hetero) is 1. The molecular weight excluding hydrogens is 664 g/mol. The van der Waals surface area contributed by atoms with Crippen molar-refractivity contribution in [2.24, 2.45) is 52.3 Å². The number of hydrogen-bond acceptors (Lipinski definition) is 13. The van der Waals surface area contributed by atoms with Crippen LogP contribution < -0.4 is 0 Å². The molecule has 8 rings (SSSR count). The molecular formula is C38H60O13. The van der Waals surface area contributed by atoms with Gasteiger partial charge in [-0.05, 0) is 80.0 Å². The standard InChI is InChI=1S/C38H60O13/c1-17-7-10-38(48-14-17)18(2)28-25(51-38)12-23-21-6-5-19-11-20(8-9-36(19,3)22(21)13-27(40)37(23,28)4)49-35-33(45)31(43)30(42)26(50-35)16-47-34-32(44)29(41)24(39)15-46-34/h17-26,28-35,39,41-45H,5-16H2,1-4H3. The molecule has 4 aliphatic carbocycles. The number of ketones is 1. The van der Waals surface area contributed by atoms with Crippen LogP contribution in [0, 0.1) is 52.3 Å². The molecule has 1 spiro atoms. The SMILES string of the molecule is CC1CCC2(OC1)OC1CC3C4CCC5CC(OC6OC(COC7OCC(O)C(O)C7O)C(O)C(O)C6O)CCC5(C)C4CC(=O)C3(C)C1C2C. The van der Waals surface area contributed by atoms with Crippen molar-refractivity contribution in [2.45, 2.75) is 159 Å². The second-order valence-electron chi connectivity index (χ2n) is 18.2. The fraction of sp³-hybridized carbons (Fsp3) is 0.974. The van der Waals surface area contributed by atoms with E-state index in [1.807, 2.05) is 0 Å². The van der Waals surface area contributed by atoms with Crippen molar-refractivity contribution in [1.29, 1.82) is 0 Å². The Labute approximate surface area is 300 Å². The quantitative estimate of drug-likeness (QED) is 0.222. The zero-order valence-corrected chi connectivity index (χ0v) is 30.4. The van der Waals surface area contributed by atoms with Crippen LogP contribution in [0.5, 0.6) is 0 Å². The molecule has 0 bridgehead atoms. The monoisotopic (exact) mass is 724 g/mol. The van der Waals surface area contributed by atoms with Gasteiger partial charge in [-0.25, -0.2) is 0 Å². The molecule has 290 valence electrons. The molecule has 21 unspecified atom stereocenters. The number of carbonyl (C=O) groups is 1. The van der Waals surface area contributed by atoms with Gasteiger partial charge in [0.2, 0.25) is 0 Å². The summed E-state index contributed by atoms with van der Waals surface area (Å²) in [6, 6.07) is 0. The van der Waals surface area contributed by atoms with Crippen LogP contribution >= 0.6 is 0 Å². The fourth-order valence-electron chi connectivity index (χ4n) is 12.5. The zero-order chi connectivity index (χ0) is 36.2. The number of fused-ring (bicyclic) bond motifs is 7. The maximum atomic E-state index is 14.5. The first-order chi connectivity index (χ1) is 24.2. The molecule has 6 N–H and O–H groups in total. The van der Waals surface area contributed by atoms with Crippen LogP contribution in [0.2, 0.25) is 0 Å². The van der Waals surface area contributed by atoms with E-state index in [-0.39, 0.29) is 42.7 Å². The van der Waals surface area contributed by atoms with Crippen LogP contribution in [0.15, 0.2) is 0 Å². The highest BCUT2D eigenvalue weighted by Crippen LogP contribution is 2.70. The van der Waals surface area contributed by atoms with Crippen LogP contribution in [0.4, 0.5) is 0 Å². The minimum Gasteiger partial charge on any atom is -0.388 e. The van der Waals surface area contributed by atoms with Gasteiger partial charge in [-0.1, -0.05) is 27.7 Å². The Bertz CT molecular complexity index is 1290. The molecule has 0 amide bonds. The first-order valence-electron chi connectivity index (χ1n) is 19.7. The molecule has 4 saturated carbocycles. The molecule has 8 fully saturated rings. The Balaban J connectivity index is 0.907. The minimum absolute atomic E-state index is 0.0229. The predicted molar refractivity (Wildman–Crippen MR) is 177 cm³/mol. The Morgan fingerprint density at radius 3 is 2.33 bits per heavy atom. The molecule has 0 aromatic heterocycles. The molecule has 8 aliphatic rings. The van der Waals surface area contributed by atoms with Crippen LogP contribution in [-0.4, -0.2) is 130 Å². The summed E-state index contributed by atoms with van der Waals surface area (Å²) in [6.45, 7) is 9.27. The van der Waals surface area contributed by atoms with Crippen LogP contribution in [0.3, 0.4) is 0 Å². The molecule has 0 aromatic rings. The number of aliphatic hydroxyl groups is 6. The fourth-order valence-corrected chi connectivity index (χ4v) is 12.5. The lowest BCUT2D eigenvalue weighted by Gasteiger charge is -2.60. The van der Waals surface area contributed by atoms with Gasteiger partial charge in [-0.3, -0.25) is 4.79 Å². The molecule has 4 heterocycles. The van der Waals surface area contributed by atoms with Crippen molar-refractivity contribution in [3.63, 3.8) is 0 Å². The van der Waals surface area contributed by atoms with Gasteiger partial charge in [0.1, 0.15) is 48.5 Å². The maximum Gasteiger partial charge on any atom is 0.186 e. The molecule has 13 nitrogen and oxygen atoms in total. The number of ether oxygens (including phenoxy) is 6. The van der Waals surface area contributed by atoms with Gasteiger partial charge in [0.25, 0.3) is 0 Å². The Morgan fingerprint density at radius 1 is 0.824 bits per heavy atom. The molecule has 0 radical (unpaired) electrons. The third-order valence-electron chi connectivity index (χ3n) is 15.6. The van der Waals surface area contributed by atoms with Crippen molar-refractivity contribution >= 4 is 5.78 Å². The normalized spacial score (nSPS) is 58.5. The van der Waals surface area contributed by atoms with E-state index in [9.17, 15) is 35.4 Å². The smallest absolute Gasteiger partial charge is 0.186 e. The second-order valence-corrected chi connectivity index (χ2v) is 18.2. The summed E-state index contributed by atoms with van der Waals surface area (Å²) < 4.78 is 36.5. The lowest BCUT2D eigenvalue weighted by Crippen LogP contribution is -2.61. The van der Waals surface area contributed by atoms with E-state index in [2.05, 4.69) is 27.7 Å². The van der Waals surface area contributed by atoms with Crippen molar-refractivity contribution in [1.82, 2.24) is 0 Å². The minimum atomic E-state index is -1.56. The lowest BCUT2D eigenvalue weighted by molar-refractivity contribution is -0.330. The molecule has 51 heavy (non-hydrogen) atoms. The summed E-state index contributed by atoms with van der Waals surface area (Å²) >= 11 is 0. The van der Waals surface area contributed by atoms with Gasteiger partial charge >= 0.3 is 0 Å². The van der Waals surface area contributed by atoms with Gasteiger partial charge in [-0.15, -0.1) is 0 Å². The molecule has 4 saturated heterocycles. The van der Waals surface area contributed by atoms with Crippen molar-refractivity contribution < 1.29 is 63.9 Å². The highest BCUT2D eigenvalue weighted by atomic mass is 16.7. The summed E-state index contributed by atoms with van der Waals surface area (Å²) in [5.41, 5.74) is -0.419. The highest BCUT2D eigenvalue weighted by Gasteiger charge is 2.72. The van der Waals surface area contributed by atoms with E-state index < -0.39 is 66.5 Å². The first-order valence-corrected chi connectivity index (χ1v) is 19.7. The van der Waals surface area contributed by atoms with Crippen LogP contribution in [-0.2, 0) is 33.2 Å². The summed E-state index contributed by atoms with van der Waals surface area (Å²) in [4.78, 5) is 14.5. The third-order valence-corrected chi connectivity index (χ3v) is 15.6. The average Bonchev–Trinajstić information content (AvgIpc) is 3.56. The molecule has 21 atom stereocenters. The van der Waals surface area contributed by atoms with E-state index in [0.717, 1.165) is 51.6 Å². The lowest BCUT2D eigenvalue weighted by atomic mass is 9.44. The van der Waals surface area contributed by atoms with Gasteiger partial charge in [0.15, 0.2) is 18.4 Å². The third kappa shape index (κ3) is 5.82. The number of rotatable bonds is 5. The number of carbonyl (C=O) groups excluding carboxylic acids is 1. The van der Waals surface area contributed by atoms with Crippen LogP contribution in [0.1, 0.15) is 85.5 Å². The van der Waals surface area contributed by atoms with Crippen molar-refractivity contribution in [3.05, 3.63) is 0 Å². The van der Waals surface area contributed by atoms with E-state index in [4.69, 9.17) is 28.4 Å². The topological polar surface area (TPSA) is 194 Å². The Kier molecular flexibility index (Phi) is 9.79. The van der Waals surface area contributed by atoms with Crippen LogP contribution in [0.25, 0.3) is 0 Å². The summed E-state index contributed by atoms with van der Waals surface area (Å²) in [6.07, 6.45) is -4.63. The number of aliphatic hydroxyl groups excluding tert-OH is 6. The summed E-state index contributed by atoms with van der Waals surface area (Å²) in [5, 5.41) is 62.1. The average molecular weight is 725 g/mol. The second kappa shape index (κ2) is 13.4. The number of hydrogen-bond donors (Lipinski definition) is 6. The Morgan fingerprint density at radius 2 is 1.59 bits per heavy atom. The first kappa shape index (κ1) is 37.1. The van der Waals surface area contributed by atoms with E-state index in [0.29, 0.717) is 48.2 Å². The maximum absolute atomic E-state index is 14.5. The Hall–Kier alpha value is -0.810. The predicted octanol–water partition coefficient (Wildman–Crippen LogP) is 1.26. The van der Waals surface area contributed by atoms with E-state index in [1.165, 1.54) is 0 Å². The van der Waals surface area contributed by atoms with Gasteiger partial charge in [0.05, 0.1) is 32.0 Å². The van der Waals surface area contributed by atoms with Gasteiger partial charge < -0.3 is 59.1 Å². The molecule has 13 heteroatoms. The summed E-state index contributed by atoms with van der Waals surface area (Å²) in [5.74, 6) is 2.14. The summed E-state index contributed by atoms with van der Waals surface area (Å²) in [7, 11) is 0.